The summed E-state index contributed by atoms with van der Waals surface area (Å²) in [5.74, 6) is 0.0397. The van der Waals surface area contributed by atoms with E-state index in [1.165, 1.54) is 6.07 Å². The fraction of sp³-hybridized carbons (Fsp3) is 0. The minimum atomic E-state index is -0.168. The van der Waals surface area contributed by atoms with Crippen molar-refractivity contribution in [3.8, 4) is 5.75 Å². The fourth-order valence-electron chi connectivity index (χ4n) is 0.704. The molecule has 2 N–H and O–H groups in total. The van der Waals surface area contributed by atoms with Gasteiger partial charge in [-0.05, 0) is 40.2 Å². The Morgan fingerprint density at radius 2 is 2.09 bits per heavy atom. The highest BCUT2D eigenvalue weighted by Gasteiger charge is 2.05. The van der Waals surface area contributed by atoms with Gasteiger partial charge in [0.15, 0.2) is 0 Å². The van der Waals surface area contributed by atoms with Gasteiger partial charge in [-0.3, -0.25) is 0 Å². The number of rotatable bonds is 1. The monoisotopic (exact) mass is 282 g/mol. The number of phenols is 1. The largest absolute Gasteiger partial charge is 0.508 e. The Labute approximate surface area is 83.6 Å². The van der Waals surface area contributed by atoms with Crippen molar-refractivity contribution in [2.75, 3.05) is 0 Å². The first kappa shape index (κ1) is 9.16. The molecule has 0 amide bonds. The maximum absolute atomic E-state index is 9.17. The number of benzene rings is 1. The van der Waals surface area contributed by atoms with Crippen molar-refractivity contribution in [3.05, 3.63) is 20.7 Å². The van der Waals surface area contributed by atoms with Crippen molar-refractivity contribution >= 4 is 47.1 Å². The molecule has 0 heterocycles. The summed E-state index contributed by atoms with van der Waals surface area (Å²) in [4.78, 5) is 0. The predicted molar refractivity (Wildman–Crippen MR) is 54.8 cm³/mol. The van der Waals surface area contributed by atoms with E-state index in [-0.39, 0.29) is 13.2 Å². The van der Waals surface area contributed by atoms with Crippen LogP contribution in [0.2, 0.25) is 5.02 Å². The van der Waals surface area contributed by atoms with Crippen molar-refractivity contribution in [1.82, 2.24) is 0 Å². The lowest BCUT2D eigenvalue weighted by molar-refractivity contribution is 0.478. The van der Waals surface area contributed by atoms with E-state index < -0.39 is 0 Å². The van der Waals surface area contributed by atoms with Crippen LogP contribution in [0.15, 0.2) is 12.1 Å². The molecule has 5 heteroatoms. The molecule has 0 saturated heterocycles. The number of hydrogen-bond donors (Lipinski definition) is 2. The molecule has 0 aliphatic heterocycles. The first-order chi connectivity index (χ1) is 5.15. The third-order valence-electron chi connectivity index (χ3n) is 1.29. The quantitative estimate of drug-likeness (QED) is 0.585. The van der Waals surface area contributed by atoms with Crippen molar-refractivity contribution in [3.63, 3.8) is 0 Å². The van der Waals surface area contributed by atoms with Gasteiger partial charge in [-0.1, -0.05) is 11.6 Å². The predicted octanol–water partition coefficient (Wildman–Crippen LogP) is 0.619. The summed E-state index contributed by atoms with van der Waals surface area (Å²) in [6.07, 6.45) is 0. The summed E-state index contributed by atoms with van der Waals surface area (Å²) in [5, 5.41) is 18.4. The highest BCUT2D eigenvalue weighted by molar-refractivity contribution is 14.1. The zero-order valence-electron chi connectivity index (χ0n) is 5.51. The zero-order chi connectivity index (χ0) is 8.43. The van der Waals surface area contributed by atoms with Crippen LogP contribution in [0.3, 0.4) is 0 Å². The van der Waals surface area contributed by atoms with Gasteiger partial charge >= 0.3 is 7.48 Å². The summed E-state index contributed by atoms with van der Waals surface area (Å²) in [6.45, 7) is 0. The molecule has 0 saturated carbocycles. The Hall–Kier alpha value is 0.0649. The van der Waals surface area contributed by atoms with Gasteiger partial charge in [-0.2, -0.15) is 0 Å². The van der Waals surface area contributed by atoms with E-state index in [9.17, 15) is 0 Å². The topological polar surface area (TPSA) is 40.5 Å². The highest BCUT2D eigenvalue weighted by atomic mass is 127. The van der Waals surface area contributed by atoms with E-state index in [4.69, 9.17) is 21.7 Å². The summed E-state index contributed by atoms with van der Waals surface area (Å²) in [5.41, 5.74) is 0.499. The number of hydrogen-bond acceptors (Lipinski definition) is 2. The van der Waals surface area contributed by atoms with E-state index >= 15 is 0 Å². The molecule has 11 heavy (non-hydrogen) atoms. The average Bonchev–Trinajstić information content (AvgIpc) is 1.97. The Morgan fingerprint density at radius 3 is 2.64 bits per heavy atom. The molecule has 0 fully saturated rings. The van der Waals surface area contributed by atoms with Crippen molar-refractivity contribution in [1.29, 1.82) is 0 Å². The second-order valence-corrected chi connectivity index (χ2v) is 3.62. The van der Waals surface area contributed by atoms with Gasteiger partial charge < -0.3 is 10.1 Å². The fourth-order valence-corrected chi connectivity index (χ4v) is 1.39. The van der Waals surface area contributed by atoms with Gasteiger partial charge in [0.05, 0.1) is 5.02 Å². The van der Waals surface area contributed by atoms with Crippen LogP contribution in [0.25, 0.3) is 0 Å². The van der Waals surface area contributed by atoms with Gasteiger partial charge in [-0.25, -0.2) is 0 Å². The molecular formula is C6H5BClIO2. The lowest BCUT2D eigenvalue weighted by Gasteiger charge is -2.01. The SMILES string of the molecule is OBc1cc(I)c(Cl)cc1O. The van der Waals surface area contributed by atoms with Gasteiger partial charge in [-0.15, -0.1) is 0 Å². The number of halogens is 2. The second-order valence-electron chi connectivity index (χ2n) is 2.05. The van der Waals surface area contributed by atoms with Crippen LogP contribution in [0, 0.1) is 3.57 Å². The Bertz CT molecular complexity index is 280. The first-order valence-electron chi connectivity index (χ1n) is 2.93. The van der Waals surface area contributed by atoms with E-state index in [0.717, 1.165) is 3.57 Å². The maximum atomic E-state index is 9.17. The van der Waals surface area contributed by atoms with E-state index in [2.05, 4.69) is 0 Å². The Morgan fingerprint density at radius 1 is 1.45 bits per heavy atom. The van der Waals surface area contributed by atoms with Gasteiger partial charge in [0.2, 0.25) is 0 Å². The summed E-state index contributed by atoms with van der Waals surface area (Å²) in [6, 6.07) is 3.08. The van der Waals surface area contributed by atoms with Crippen molar-refractivity contribution in [2.45, 2.75) is 0 Å². The molecule has 0 aliphatic rings. The van der Waals surface area contributed by atoms with Crippen LogP contribution in [0.1, 0.15) is 0 Å². The van der Waals surface area contributed by atoms with Gasteiger partial charge in [0, 0.05) is 3.57 Å². The first-order valence-corrected chi connectivity index (χ1v) is 4.38. The van der Waals surface area contributed by atoms with Crippen LogP contribution >= 0.6 is 34.2 Å². The van der Waals surface area contributed by atoms with Crippen molar-refractivity contribution in [2.24, 2.45) is 0 Å². The van der Waals surface area contributed by atoms with Crippen LogP contribution < -0.4 is 5.46 Å². The Balaban J connectivity index is 3.21. The van der Waals surface area contributed by atoms with Crippen molar-refractivity contribution < 1.29 is 10.1 Å². The van der Waals surface area contributed by atoms with Gasteiger partial charge in [0.25, 0.3) is 0 Å². The Kier molecular flexibility index (Phi) is 3.03. The standard InChI is InChI=1S/C6H5BClIO2/c8-4-2-6(10)3(7-11)1-5(4)9/h1-2,7,10-11H. The molecular weight excluding hydrogens is 277 g/mol. The molecule has 0 aliphatic carbocycles. The lowest BCUT2D eigenvalue weighted by atomic mass is 9.88. The third kappa shape index (κ3) is 2.01. The smallest absolute Gasteiger partial charge is 0.308 e. The van der Waals surface area contributed by atoms with E-state index in [0.29, 0.717) is 10.5 Å². The van der Waals surface area contributed by atoms with Crippen LogP contribution in [0.4, 0.5) is 0 Å². The maximum Gasteiger partial charge on any atom is 0.308 e. The van der Waals surface area contributed by atoms with Crippen LogP contribution in [-0.2, 0) is 0 Å². The summed E-state index contributed by atoms with van der Waals surface area (Å²) < 4.78 is 0.825. The minimum absolute atomic E-state index is 0.0397. The minimum Gasteiger partial charge on any atom is -0.508 e. The molecule has 0 radical (unpaired) electrons. The normalized spacial score (nSPS) is 9.73. The number of aromatic hydroxyl groups is 1. The molecule has 0 atom stereocenters. The summed E-state index contributed by atoms with van der Waals surface area (Å²) >= 11 is 7.73. The third-order valence-corrected chi connectivity index (χ3v) is 2.82. The molecule has 0 aromatic heterocycles. The lowest BCUT2D eigenvalue weighted by Crippen LogP contribution is -2.14. The molecule has 0 unspecified atom stereocenters. The second kappa shape index (κ2) is 3.64. The molecule has 1 aromatic carbocycles. The molecule has 2 nitrogen and oxygen atoms in total. The molecule has 1 aromatic rings. The highest BCUT2D eigenvalue weighted by Crippen LogP contribution is 2.20. The summed E-state index contributed by atoms with van der Waals surface area (Å²) in [7, 11) is -0.168. The van der Waals surface area contributed by atoms with Crippen LogP contribution in [0.5, 0.6) is 5.75 Å². The van der Waals surface area contributed by atoms with E-state index in [1.54, 1.807) is 6.07 Å². The number of phenolic OH excluding ortho intramolecular Hbond substituents is 1. The van der Waals surface area contributed by atoms with Gasteiger partial charge in [0.1, 0.15) is 5.75 Å². The van der Waals surface area contributed by atoms with E-state index in [1.807, 2.05) is 22.6 Å². The average molecular weight is 282 g/mol. The van der Waals surface area contributed by atoms with Crippen LogP contribution in [-0.4, -0.2) is 17.6 Å². The zero-order valence-corrected chi connectivity index (χ0v) is 8.43. The molecule has 58 valence electrons. The molecule has 0 spiro atoms. The molecule has 1 rings (SSSR count). The molecule has 0 bridgehead atoms.